The van der Waals surface area contributed by atoms with E-state index in [0.29, 0.717) is 0 Å². The molecular formula is C24H27N3O2. The molecule has 1 unspecified atom stereocenters. The number of aromatic hydroxyl groups is 1. The van der Waals surface area contributed by atoms with Gasteiger partial charge in [-0.15, -0.1) is 0 Å². The van der Waals surface area contributed by atoms with Gasteiger partial charge in [0.05, 0.1) is 6.04 Å². The topological polar surface area (TPSA) is 76.4 Å². The first-order valence-corrected chi connectivity index (χ1v) is 10.1. The summed E-state index contributed by atoms with van der Waals surface area (Å²) in [7, 11) is 1.76. The van der Waals surface area contributed by atoms with Gasteiger partial charge in [-0.1, -0.05) is 25.1 Å². The number of anilines is 1. The molecular weight excluding hydrogens is 362 g/mol. The van der Waals surface area contributed by atoms with Crippen LogP contribution in [-0.4, -0.2) is 18.1 Å². The molecule has 1 aliphatic rings. The normalized spacial score (nSPS) is 14.4. The largest absolute Gasteiger partial charge is 0.508 e. The van der Waals surface area contributed by atoms with E-state index in [-0.39, 0.29) is 23.3 Å². The van der Waals surface area contributed by atoms with Crippen LogP contribution in [0.4, 0.5) is 5.69 Å². The van der Waals surface area contributed by atoms with Gasteiger partial charge < -0.3 is 15.3 Å². The van der Waals surface area contributed by atoms with Gasteiger partial charge in [0.2, 0.25) is 0 Å². The Morgan fingerprint density at radius 2 is 1.90 bits per heavy atom. The van der Waals surface area contributed by atoms with Crippen molar-refractivity contribution in [3.05, 3.63) is 70.9 Å². The third kappa shape index (κ3) is 4.97. The number of hydrogen-bond donors (Lipinski definition) is 2. The van der Waals surface area contributed by atoms with Crippen LogP contribution in [0.2, 0.25) is 0 Å². The molecule has 0 aromatic heterocycles. The fourth-order valence-electron chi connectivity index (χ4n) is 3.72. The van der Waals surface area contributed by atoms with Crippen molar-refractivity contribution in [2.75, 3.05) is 11.9 Å². The van der Waals surface area contributed by atoms with E-state index in [2.05, 4.69) is 23.5 Å². The number of nitrogens with zero attached hydrogens (tertiary/aromatic N) is 2. The molecule has 0 aliphatic heterocycles. The van der Waals surface area contributed by atoms with Crippen LogP contribution in [0, 0.1) is 11.3 Å². The number of phenolic OH excluding ortho intramolecular Hbond substituents is 1. The Hall–Kier alpha value is -3.26. The number of amides is 1. The van der Waals surface area contributed by atoms with Crippen LogP contribution in [0.25, 0.3) is 0 Å². The minimum Gasteiger partial charge on any atom is -0.508 e. The van der Waals surface area contributed by atoms with E-state index >= 15 is 0 Å². The lowest BCUT2D eigenvalue weighted by atomic mass is 9.88. The number of carbonyl (C=O) groups excluding carboxylic acids is 1. The molecule has 5 heteroatoms. The Kier molecular flexibility index (Phi) is 6.56. The number of rotatable bonds is 6. The smallest absolute Gasteiger partial charge is 0.263 e. The summed E-state index contributed by atoms with van der Waals surface area (Å²) >= 11 is 0. The highest BCUT2D eigenvalue weighted by Gasteiger charge is 2.19. The zero-order chi connectivity index (χ0) is 20.8. The Labute approximate surface area is 172 Å². The van der Waals surface area contributed by atoms with E-state index in [4.69, 9.17) is 0 Å². The van der Waals surface area contributed by atoms with Gasteiger partial charge in [0.25, 0.3) is 5.91 Å². The molecule has 29 heavy (non-hydrogen) atoms. The van der Waals surface area contributed by atoms with Gasteiger partial charge in [-0.2, -0.15) is 5.26 Å². The number of hydrogen-bond acceptors (Lipinski definition) is 4. The van der Waals surface area contributed by atoms with Crippen molar-refractivity contribution < 1.29 is 9.90 Å². The number of nitrogens with one attached hydrogen (secondary N) is 1. The molecule has 0 heterocycles. The van der Waals surface area contributed by atoms with Crippen molar-refractivity contribution in [3.8, 4) is 11.8 Å². The van der Waals surface area contributed by atoms with E-state index in [0.717, 1.165) is 30.5 Å². The van der Waals surface area contributed by atoms with Gasteiger partial charge in [0, 0.05) is 18.9 Å². The average molecular weight is 389 g/mol. The summed E-state index contributed by atoms with van der Waals surface area (Å²) in [5.41, 5.74) is 4.69. The van der Waals surface area contributed by atoms with E-state index in [1.807, 2.05) is 13.0 Å². The number of aryl methyl sites for hydroxylation is 2. The molecule has 2 aromatic carbocycles. The Morgan fingerprint density at radius 3 is 2.55 bits per heavy atom. The van der Waals surface area contributed by atoms with Crippen LogP contribution in [0.15, 0.2) is 54.2 Å². The molecule has 0 radical (unpaired) electrons. The highest BCUT2D eigenvalue weighted by atomic mass is 16.3. The zero-order valence-electron chi connectivity index (χ0n) is 17.0. The van der Waals surface area contributed by atoms with E-state index in [9.17, 15) is 15.2 Å². The van der Waals surface area contributed by atoms with Gasteiger partial charge in [0.15, 0.2) is 0 Å². The summed E-state index contributed by atoms with van der Waals surface area (Å²) in [6.45, 7) is 2.03. The van der Waals surface area contributed by atoms with E-state index < -0.39 is 0 Å². The van der Waals surface area contributed by atoms with E-state index in [1.165, 1.54) is 30.2 Å². The van der Waals surface area contributed by atoms with Crippen molar-refractivity contribution in [2.24, 2.45) is 0 Å². The second-order valence-electron chi connectivity index (χ2n) is 7.45. The summed E-state index contributed by atoms with van der Waals surface area (Å²) in [5, 5.41) is 21.9. The highest BCUT2D eigenvalue weighted by Crippen LogP contribution is 2.26. The molecule has 1 atom stereocenters. The summed E-state index contributed by atoms with van der Waals surface area (Å²) in [5.74, 6) is -0.220. The van der Waals surface area contributed by atoms with Crippen LogP contribution in [-0.2, 0) is 17.6 Å². The molecule has 0 bridgehead atoms. The zero-order valence-corrected chi connectivity index (χ0v) is 17.0. The maximum absolute atomic E-state index is 12.8. The lowest BCUT2D eigenvalue weighted by Crippen LogP contribution is -2.30. The third-order valence-electron chi connectivity index (χ3n) is 5.43. The van der Waals surface area contributed by atoms with Crippen molar-refractivity contribution >= 4 is 11.6 Å². The van der Waals surface area contributed by atoms with Crippen LogP contribution < -0.4 is 10.2 Å². The predicted molar refractivity (Wildman–Crippen MR) is 114 cm³/mol. The van der Waals surface area contributed by atoms with E-state index in [1.54, 1.807) is 36.2 Å². The van der Waals surface area contributed by atoms with Crippen molar-refractivity contribution in [3.63, 3.8) is 0 Å². The molecule has 0 fully saturated rings. The molecule has 3 rings (SSSR count). The number of benzene rings is 2. The van der Waals surface area contributed by atoms with Gasteiger partial charge in [-0.3, -0.25) is 4.79 Å². The second kappa shape index (κ2) is 9.29. The summed E-state index contributed by atoms with van der Waals surface area (Å²) in [6.07, 6.45) is 6.94. The number of fused-ring (bicyclic) bond motifs is 1. The summed E-state index contributed by atoms with van der Waals surface area (Å²) in [6, 6.07) is 14.9. The molecule has 5 nitrogen and oxygen atoms in total. The molecule has 0 saturated heterocycles. The van der Waals surface area contributed by atoms with Crippen molar-refractivity contribution in [2.45, 2.75) is 45.1 Å². The van der Waals surface area contributed by atoms with Gasteiger partial charge >= 0.3 is 0 Å². The average Bonchev–Trinajstić information content (AvgIpc) is 2.75. The fraction of sp³-hybridized carbons (Fsp3) is 0.333. The molecule has 150 valence electrons. The quantitative estimate of drug-likeness (QED) is 0.568. The molecule has 0 saturated carbocycles. The van der Waals surface area contributed by atoms with Crippen LogP contribution >= 0.6 is 0 Å². The second-order valence-corrected chi connectivity index (χ2v) is 7.45. The fourth-order valence-corrected chi connectivity index (χ4v) is 3.72. The highest BCUT2D eigenvalue weighted by molar-refractivity contribution is 5.97. The molecule has 0 spiro atoms. The lowest BCUT2D eigenvalue weighted by molar-refractivity contribution is -0.117. The molecule has 1 aliphatic carbocycles. The van der Waals surface area contributed by atoms with Crippen molar-refractivity contribution in [1.29, 1.82) is 5.26 Å². The van der Waals surface area contributed by atoms with Gasteiger partial charge in [-0.05, 0) is 73.1 Å². The number of phenols is 1. The Balaban J connectivity index is 1.75. The minimum atomic E-state index is -0.386. The predicted octanol–water partition coefficient (Wildman–Crippen LogP) is 4.38. The Bertz CT molecular complexity index is 942. The van der Waals surface area contributed by atoms with Crippen LogP contribution in [0.3, 0.4) is 0 Å². The Morgan fingerprint density at radius 1 is 1.21 bits per heavy atom. The summed E-state index contributed by atoms with van der Waals surface area (Å²) in [4.78, 5) is 14.4. The molecule has 2 aromatic rings. The third-order valence-corrected chi connectivity index (χ3v) is 5.43. The van der Waals surface area contributed by atoms with Gasteiger partial charge in [-0.25, -0.2) is 0 Å². The first-order chi connectivity index (χ1) is 14.0. The SMILES string of the molecule is CCC(NC(=O)/C(C#N)=C\N(C)c1ccc(O)cc1)c1ccc2c(c1)CCCC2. The first kappa shape index (κ1) is 20.5. The van der Waals surface area contributed by atoms with Crippen LogP contribution in [0.1, 0.15) is 48.9 Å². The maximum atomic E-state index is 12.8. The van der Waals surface area contributed by atoms with Crippen molar-refractivity contribution in [1.82, 2.24) is 5.32 Å². The lowest BCUT2D eigenvalue weighted by Gasteiger charge is -2.22. The maximum Gasteiger partial charge on any atom is 0.263 e. The van der Waals surface area contributed by atoms with Gasteiger partial charge in [0.1, 0.15) is 17.4 Å². The van der Waals surface area contributed by atoms with Crippen LogP contribution in [0.5, 0.6) is 5.75 Å². The standard InChI is InChI=1S/C24H27N3O2/c1-3-23(19-9-8-17-6-4-5-7-18(17)14-19)26-24(29)20(15-25)16-27(2)21-10-12-22(28)13-11-21/h8-14,16,23,28H,3-7H2,1-2H3,(H,26,29)/b20-16-. The minimum absolute atomic E-state index is 0.0389. The number of carbonyl (C=O) groups is 1. The first-order valence-electron chi connectivity index (χ1n) is 10.1. The summed E-state index contributed by atoms with van der Waals surface area (Å²) < 4.78 is 0. The molecule has 1 amide bonds. The monoisotopic (exact) mass is 389 g/mol. The molecule has 2 N–H and O–H groups in total. The number of nitriles is 1.